The number of ether oxygens (including phenoxy) is 1. The van der Waals surface area contributed by atoms with E-state index < -0.39 is 27.9 Å². The largest absolute Gasteiger partial charge is 0.473 e. The summed E-state index contributed by atoms with van der Waals surface area (Å²) < 4.78 is 70.4. The van der Waals surface area contributed by atoms with Gasteiger partial charge in [0.25, 0.3) is 0 Å². The number of sulfonamides is 1. The lowest BCUT2D eigenvalue weighted by atomic mass is 10.2. The minimum Gasteiger partial charge on any atom is -0.473 e. The van der Waals surface area contributed by atoms with Gasteiger partial charge in [0, 0.05) is 23.8 Å². The normalized spacial score (nSPS) is 18.6. The minimum absolute atomic E-state index is 0.0308. The highest BCUT2D eigenvalue weighted by atomic mass is 35.5. The van der Waals surface area contributed by atoms with Crippen molar-refractivity contribution in [2.75, 3.05) is 13.1 Å². The van der Waals surface area contributed by atoms with Crippen LogP contribution in [-0.4, -0.2) is 36.9 Å². The lowest BCUT2D eigenvalue weighted by Crippen LogP contribution is -2.31. The Labute approximate surface area is 163 Å². The van der Waals surface area contributed by atoms with Crippen LogP contribution in [0.15, 0.2) is 41.4 Å². The van der Waals surface area contributed by atoms with Crippen LogP contribution in [0.1, 0.15) is 12.0 Å². The fourth-order valence-electron chi connectivity index (χ4n) is 2.65. The SMILES string of the molecule is O=S(=O)(c1cc(Cl)ccc1Cl)N1CC[C@@H](Oc2cc(C(F)(F)F)ccn2)C1. The van der Waals surface area contributed by atoms with E-state index in [1.807, 2.05) is 0 Å². The maximum Gasteiger partial charge on any atom is 0.416 e. The lowest BCUT2D eigenvalue weighted by Gasteiger charge is -2.18. The van der Waals surface area contributed by atoms with Gasteiger partial charge in [0.15, 0.2) is 0 Å². The molecule has 5 nitrogen and oxygen atoms in total. The fourth-order valence-corrected chi connectivity index (χ4v) is 4.87. The van der Waals surface area contributed by atoms with Gasteiger partial charge in [-0.1, -0.05) is 23.2 Å². The molecule has 0 N–H and O–H groups in total. The molecule has 2 aromatic rings. The molecule has 1 fully saturated rings. The fraction of sp³-hybridized carbons (Fsp3) is 0.312. The van der Waals surface area contributed by atoms with Gasteiger partial charge in [-0.2, -0.15) is 17.5 Å². The molecule has 11 heteroatoms. The zero-order chi connectivity index (χ0) is 19.8. The predicted molar refractivity (Wildman–Crippen MR) is 93.5 cm³/mol. The molecule has 146 valence electrons. The van der Waals surface area contributed by atoms with Crippen molar-refractivity contribution in [1.29, 1.82) is 0 Å². The number of pyridine rings is 1. The number of hydrogen-bond acceptors (Lipinski definition) is 4. The molecule has 2 heterocycles. The maximum atomic E-state index is 12.8. The van der Waals surface area contributed by atoms with Crippen molar-refractivity contribution < 1.29 is 26.3 Å². The van der Waals surface area contributed by atoms with Crippen LogP contribution >= 0.6 is 23.2 Å². The summed E-state index contributed by atoms with van der Waals surface area (Å²) in [7, 11) is -3.91. The summed E-state index contributed by atoms with van der Waals surface area (Å²) in [6.07, 6.45) is -3.85. The van der Waals surface area contributed by atoms with Gasteiger partial charge in [-0.3, -0.25) is 0 Å². The Morgan fingerprint density at radius 3 is 2.63 bits per heavy atom. The van der Waals surface area contributed by atoms with Gasteiger partial charge < -0.3 is 4.74 Å². The first-order chi connectivity index (χ1) is 12.6. The van der Waals surface area contributed by atoms with Gasteiger partial charge in [0.1, 0.15) is 11.0 Å². The van der Waals surface area contributed by atoms with E-state index in [9.17, 15) is 21.6 Å². The second-order valence-corrected chi connectivity index (χ2v) is 8.60. The molecule has 0 unspecified atom stereocenters. The molecule has 0 spiro atoms. The zero-order valence-corrected chi connectivity index (χ0v) is 15.9. The first-order valence-corrected chi connectivity index (χ1v) is 9.92. The highest BCUT2D eigenvalue weighted by Crippen LogP contribution is 2.32. The number of rotatable bonds is 4. The summed E-state index contributed by atoms with van der Waals surface area (Å²) in [5, 5.41) is 0.251. The van der Waals surface area contributed by atoms with Gasteiger partial charge >= 0.3 is 6.18 Å². The number of alkyl halides is 3. The Morgan fingerprint density at radius 1 is 1.19 bits per heavy atom. The Balaban J connectivity index is 1.75. The summed E-state index contributed by atoms with van der Waals surface area (Å²) in [6, 6.07) is 5.72. The number of benzene rings is 1. The quantitative estimate of drug-likeness (QED) is 0.712. The topological polar surface area (TPSA) is 59.5 Å². The molecule has 0 saturated carbocycles. The van der Waals surface area contributed by atoms with E-state index in [4.69, 9.17) is 27.9 Å². The second-order valence-electron chi connectivity index (χ2n) is 5.85. The molecule has 0 bridgehead atoms. The van der Waals surface area contributed by atoms with E-state index in [-0.39, 0.29) is 33.9 Å². The zero-order valence-electron chi connectivity index (χ0n) is 13.6. The summed E-state index contributed by atoms with van der Waals surface area (Å²) in [5.41, 5.74) is -0.888. The number of nitrogens with zero attached hydrogens (tertiary/aromatic N) is 2. The van der Waals surface area contributed by atoms with Crippen molar-refractivity contribution in [1.82, 2.24) is 9.29 Å². The third-order valence-corrected chi connectivity index (χ3v) is 6.55. The standard InChI is InChI=1S/C16H13Cl2F3N2O3S/c17-11-1-2-13(18)14(8-11)27(24,25)23-6-4-12(9-23)26-15-7-10(3-5-22-15)16(19,20)21/h1-3,5,7-8,12H,4,6,9H2/t12-/m1/s1. The molecule has 1 saturated heterocycles. The lowest BCUT2D eigenvalue weighted by molar-refractivity contribution is -0.137. The van der Waals surface area contributed by atoms with Gasteiger partial charge in [0.2, 0.25) is 15.9 Å². The molecule has 1 aromatic heterocycles. The minimum atomic E-state index is -4.52. The van der Waals surface area contributed by atoms with Gasteiger partial charge in [0.05, 0.1) is 17.1 Å². The maximum absolute atomic E-state index is 12.8. The van der Waals surface area contributed by atoms with Crippen LogP contribution in [0.4, 0.5) is 13.2 Å². The molecular weight excluding hydrogens is 428 g/mol. The molecule has 0 aliphatic carbocycles. The average molecular weight is 441 g/mol. The van der Waals surface area contributed by atoms with E-state index in [1.165, 1.54) is 18.2 Å². The van der Waals surface area contributed by atoms with Gasteiger partial charge in [-0.25, -0.2) is 13.4 Å². The first kappa shape index (κ1) is 20.2. The third kappa shape index (κ3) is 4.48. The van der Waals surface area contributed by atoms with Crippen LogP contribution in [0.25, 0.3) is 0 Å². The van der Waals surface area contributed by atoms with E-state index >= 15 is 0 Å². The van der Waals surface area contributed by atoms with Crippen molar-refractivity contribution >= 4 is 33.2 Å². The van der Waals surface area contributed by atoms with Crippen molar-refractivity contribution in [3.05, 3.63) is 52.1 Å². The first-order valence-electron chi connectivity index (χ1n) is 7.72. The Morgan fingerprint density at radius 2 is 1.93 bits per heavy atom. The van der Waals surface area contributed by atoms with Crippen LogP contribution in [-0.2, 0) is 16.2 Å². The van der Waals surface area contributed by atoms with E-state index in [0.29, 0.717) is 6.42 Å². The van der Waals surface area contributed by atoms with Crippen LogP contribution in [0.3, 0.4) is 0 Å². The van der Waals surface area contributed by atoms with Crippen molar-refractivity contribution in [2.24, 2.45) is 0 Å². The molecular formula is C16H13Cl2F3N2O3S. The number of aromatic nitrogens is 1. The molecule has 1 aromatic carbocycles. The molecule has 1 atom stereocenters. The van der Waals surface area contributed by atoms with Crippen LogP contribution < -0.4 is 4.74 Å². The van der Waals surface area contributed by atoms with Gasteiger partial charge in [-0.05, 0) is 30.7 Å². The Kier molecular flexibility index (Phi) is 5.58. The molecule has 27 heavy (non-hydrogen) atoms. The molecule has 0 amide bonds. The predicted octanol–water partition coefficient (Wildman–Crippen LogP) is 4.25. The van der Waals surface area contributed by atoms with Crippen LogP contribution in [0, 0.1) is 0 Å². The number of hydrogen-bond donors (Lipinski definition) is 0. The Bertz CT molecular complexity index is 954. The van der Waals surface area contributed by atoms with Crippen molar-refractivity contribution in [3.8, 4) is 5.88 Å². The summed E-state index contributed by atoms with van der Waals surface area (Å²) in [6.45, 7) is 0.0951. The highest BCUT2D eigenvalue weighted by molar-refractivity contribution is 7.89. The van der Waals surface area contributed by atoms with Gasteiger partial charge in [-0.15, -0.1) is 0 Å². The summed E-state index contributed by atoms with van der Waals surface area (Å²) >= 11 is 11.8. The molecule has 1 aliphatic heterocycles. The molecule has 1 aliphatic rings. The monoisotopic (exact) mass is 440 g/mol. The highest BCUT2D eigenvalue weighted by Gasteiger charge is 2.36. The van der Waals surface area contributed by atoms with E-state index in [2.05, 4.69) is 4.98 Å². The summed E-state index contributed by atoms with van der Waals surface area (Å²) in [5.74, 6) is -0.213. The Hall–Kier alpha value is -1.55. The number of halogens is 5. The van der Waals surface area contributed by atoms with Crippen LogP contribution in [0.2, 0.25) is 10.0 Å². The second kappa shape index (κ2) is 7.46. The van der Waals surface area contributed by atoms with E-state index in [0.717, 1.165) is 22.6 Å². The van der Waals surface area contributed by atoms with Crippen molar-refractivity contribution in [3.63, 3.8) is 0 Å². The van der Waals surface area contributed by atoms with E-state index in [1.54, 1.807) is 0 Å². The summed E-state index contributed by atoms with van der Waals surface area (Å²) in [4.78, 5) is 3.63. The van der Waals surface area contributed by atoms with Crippen LogP contribution in [0.5, 0.6) is 5.88 Å². The third-order valence-electron chi connectivity index (χ3n) is 3.97. The average Bonchev–Trinajstić information content (AvgIpc) is 3.06. The smallest absolute Gasteiger partial charge is 0.416 e. The molecule has 0 radical (unpaired) electrons. The molecule has 3 rings (SSSR count). The van der Waals surface area contributed by atoms with Crippen molar-refractivity contribution in [2.45, 2.75) is 23.6 Å².